The maximum absolute atomic E-state index is 12.3. The number of hydrogen-bond acceptors (Lipinski definition) is 4. The van der Waals surface area contributed by atoms with Crippen molar-refractivity contribution in [1.82, 2.24) is 5.32 Å². The molecule has 3 rings (SSSR count). The van der Waals surface area contributed by atoms with E-state index < -0.39 is 35.5 Å². The normalized spacial score (nSPS) is 12.9. The van der Waals surface area contributed by atoms with E-state index in [1.54, 1.807) is 36.4 Å². The molecule has 0 bridgehead atoms. The van der Waals surface area contributed by atoms with Gasteiger partial charge in [0.25, 0.3) is 5.91 Å². The SMILES string of the molecule is O=C(O)CNC(=O)C1=C(O)c2cc(-c3ccc(Cl)cc3)ccc2C1=O. The molecule has 1 aliphatic carbocycles. The minimum atomic E-state index is -1.25. The number of benzene rings is 2. The number of carboxylic acid groups (broad SMARTS) is 1. The van der Waals surface area contributed by atoms with Gasteiger partial charge >= 0.3 is 5.97 Å². The Morgan fingerprint density at radius 3 is 2.28 bits per heavy atom. The van der Waals surface area contributed by atoms with Gasteiger partial charge in [0.1, 0.15) is 17.9 Å². The van der Waals surface area contributed by atoms with Crippen molar-refractivity contribution in [3.8, 4) is 11.1 Å². The van der Waals surface area contributed by atoms with Crippen molar-refractivity contribution < 1.29 is 24.6 Å². The first-order chi connectivity index (χ1) is 11.9. The Morgan fingerprint density at radius 1 is 1.00 bits per heavy atom. The van der Waals surface area contributed by atoms with Crippen LogP contribution >= 0.6 is 11.6 Å². The number of aliphatic hydroxyl groups is 1. The zero-order valence-electron chi connectivity index (χ0n) is 12.7. The quantitative estimate of drug-likeness (QED) is 0.730. The molecule has 25 heavy (non-hydrogen) atoms. The molecule has 0 atom stereocenters. The predicted octanol–water partition coefficient (Wildman–Crippen LogP) is 2.67. The Morgan fingerprint density at radius 2 is 1.64 bits per heavy atom. The molecule has 0 saturated heterocycles. The van der Waals surface area contributed by atoms with Crippen LogP contribution < -0.4 is 5.32 Å². The Labute approximate surface area is 147 Å². The first-order valence-corrected chi connectivity index (χ1v) is 7.64. The lowest BCUT2D eigenvalue weighted by molar-refractivity contribution is -0.137. The highest BCUT2D eigenvalue weighted by atomic mass is 35.5. The van der Waals surface area contributed by atoms with Gasteiger partial charge in [-0.05, 0) is 35.4 Å². The summed E-state index contributed by atoms with van der Waals surface area (Å²) in [6.45, 7) is -0.644. The lowest BCUT2D eigenvalue weighted by Crippen LogP contribution is -2.32. The lowest BCUT2D eigenvalue weighted by atomic mass is 10.00. The monoisotopic (exact) mass is 357 g/mol. The molecular formula is C18H12ClNO5. The number of nitrogens with one attached hydrogen (secondary N) is 1. The molecule has 1 amide bonds. The molecule has 7 heteroatoms. The summed E-state index contributed by atoms with van der Waals surface area (Å²) in [5.41, 5.74) is 1.54. The average Bonchev–Trinajstić information content (AvgIpc) is 2.84. The largest absolute Gasteiger partial charge is 0.506 e. The Kier molecular flexibility index (Phi) is 4.29. The van der Waals surface area contributed by atoms with Crippen molar-refractivity contribution in [2.75, 3.05) is 6.54 Å². The van der Waals surface area contributed by atoms with E-state index in [-0.39, 0.29) is 11.1 Å². The van der Waals surface area contributed by atoms with Gasteiger partial charge in [0, 0.05) is 16.1 Å². The highest BCUT2D eigenvalue weighted by molar-refractivity contribution is 6.34. The van der Waals surface area contributed by atoms with Crippen molar-refractivity contribution >= 4 is 35.0 Å². The molecule has 0 spiro atoms. The van der Waals surface area contributed by atoms with E-state index in [4.69, 9.17) is 16.7 Å². The summed E-state index contributed by atoms with van der Waals surface area (Å²) >= 11 is 5.86. The first-order valence-electron chi connectivity index (χ1n) is 7.27. The molecule has 2 aromatic rings. The van der Waals surface area contributed by atoms with Gasteiger partial charge in [-0.25, -0.2) is 0 Å². The zero-order valence-corrected chi connectivity index (χ0v) is 13.5. The van der Waals surface area contributed by atoms with Crippen molar-refractivity contribution in [3.05, 3.63) is 64.2 Å². The molecular weight excluding hydrogens is 346 g/mol. The van der Waals surface area contributed by atoms with Crippen LogP contribution in [0.15, 0.2) is 48.0 Å². The number of aliphatic carboxylic acids is 1. The second-order valence-electron chi connectivity index (χ2n) is 5.40. The Hall–Kier alpha value is -3.12. The van der Waals surface area contributed by atoms with Crippen LogP contribution in [0, 0.1) is 0 Å². The summed E-state index contributed by atoms with van der Waals surface area (Å²) < 4.78 is 0. The standard InChI is InChI=1S/C18H12ClNO5/c19-11-4-1-9(2-5-11)10-3-6-12-13(7-10)17(24)15(16(12)23)18(25)20-8-14(21)22/h1-7,24H,8H2,(H,20,25)(H,21,22). The van der Waals surface area contributed by atoms with Crippen LogP contribution in [-0.2, 0) is 9.59 Å². The minimum Gasteiger partial charge on any atom is -0.506 e. The maximum atomic E-state index is 12.3. The molecule has 0 fully saturated rings. The number of Topliss-reactive ketones (excluding diaryl/α,β-unsaturated/α-hetero) is 1. The molecule has 2 aromatic carbocycles. The van der Waals surface area contributed by atoms with E-state index >= 15 is 0 Å². The van der Waals surface area contributed by atoms with E-state index in [0.717, 1.165) is 11.1 Å². The van der Waals surface area contributed by atoms with Gasteiger partial charge in [-0.3, -0.25) is 14.4 Å². The summed E-state index contributed by atoms with van der Waals surface area (Å²) in [4.78, 5) is 34.9. The highest BCUT2D eigenvalue weighted by Crippen LogP contribution is 2.34. The number of ketones is 1. The van der Waals surface area contributed by atoms with Crippen LogP contribution in [0.2, 0.25) is 5.02 Å². The lowest BCUT2D eigenvalue weighted by Gasteiger charge is -2.05. The number of halogens is 1. The molecule has 1 aliphatic rings. The smallest absolute Gasteiger partial charge is 0.322 e. The van der Waals surface area contributed by atoms with Crippen LogP contribution in [-0.4, -0.2) is 34.4 Å². The van der Waals surface area contributed by atoms with Gasteiger partial charge in [-0.2, -0.15) is 0 Å². The van der Waals surface area contributed by atoms with Gasteiger partial charge < -0.3 is 15.5 Å². The third-order valence-corrected chi connectivity index (χ3v) is 4.04. The number of rotatable bonds is 4. The van der Waals surface area contributed by atoms with Crippen LogP contribution in [0.5, 0.6) is 0 Å². The van der Waals surface area contributed by atoms with Crippen LogP contribution in [0.3, 0.4) is 0 Å². The van der Waals surface area contributed by atoms with Crippen LogP contribution in [0.1, 0.15) is 15.9 Å². The Bertz CT molecular complexity index is 931. The Balaban J connectivity index is 1.98. The third kappa shape index (κ3) is 3.12. The fraction of sp³-hybridized carbons (Fsp3) is 0.0556. The average molecular weight is 358 g/mol. The molecule has 126 valence electrons. The summed E-state index contributed by atoms with van der Waals surface area (Å²) in [6, 6.07) is 11.8. The van der Waals surface area contributed by atoms with E-state index in [9.17, 15) is 19.5 Å². The number of fused-ring (bicyclic) bond motifs is 1. The molecule has 0 radical (unpaired) electrons. The fourth-order valence-corrected chi connectivity index (χ4v) is 2.72. The number of hydrogen-bond donors (Lipinski definition) is 3. The zero-order chi connectivity index (χ0) is 18.1. The van der Waals surface area contributed by atoms with Gasteiger partial charge in [0.15, 0.2) is 0 Å². The molecule has 3 N–H and O–H groups in total. The van der Waals surface area contributed by atoms with Crippen molar-refractivity contribution in [2.45, 2.75) is 0 Å². The van der Waals surface area contributed by atoms with Crippen molar-refractivity contribution in [3.63, 3.8) is 0 Å². The fourth-order valence-electron chi connectivity index (χ4n) is 2.59. The maximum Gasteiger partial charge on any atom is 0.322 e. The second-order valence-corrected chi connectivity index (χ2v) is 5.83. The minimum absolute atomic E-state index is 0.190. The number of aliphatic hydroxyl groups excluding tert-OH is 1. The summed E-state index contributed by atoms with van der Waals surface area (Å²) in [7, 11) is 0. The van der Waals surface area contributed by atoms with Gasteiger partial charge in [-0.1, -0.05) is 29.8 Å². The topological polar surface area (TPSA) is 104 Å². The summed E-state index contributed by atoms with van der Waals surface area (Å²) in [5.74, 6) is -3.27. The van der Waals surface area contributed by atoms with Gasteiger partial charge in [0.2, 0.25) is 5.78 Å². The first kappa shape index (κ1) is 16.7. The number of carboxylic acids is 1. The summed E-state index contributed by atoms with van der Waals surface area (Å²) in [6.07, 6.45) is 0. The predicted molar refractivity (Wildman–Crippen MR) is 91.4 cm³/mol. The van der Waals surface area contributed by atoms with Crippen molar-refractivity contribution in [2.24, 2.45) is 0 Å². The number of amides is 1. The van der Waals surface area contributed by atoms with E-state index in [2.05, 4.69) is 5.32 Å². The highest BCUT2D eigenvalue weighted by Gasteiger charge is 2.34. The summed E-state index contributed by atoms with van der Waals surface area (Å²) in [5, 5.41) is 21.6. The second kappa shape index (κ2) is 6.41. The van der Waals surface area contributed by atoms with E-state index in [1.165, 1.54) is 6.07 Å². The molecule has 0 heterocycles. The van der Waals surface area contributed by atoms with E-state index in [0.29, 0.717) is 5.02 Å². The molecule has 6 nitrogen and oxygen atoms in total. The third-order valence-electron chi connectivity index (χ3n) is 3.79. The van der Waals surface area contributed by atoms with E-state index in [1.807, 2.05) is 0 Å². The molecule has 0 unspecified atom stereocenters. The molecule has 0 saturated carbocycles. The number of carbonyl (C=O) groups excluding carboxylic acids is 2. The van der Waals surface area contributed by atoms with Crippen LogP contribution in [0.4, 0.5) is 0 Å². The number of carbonyl (C=O) groups is 3. The van der Waals surface area contributed by atoms with Crippen LogP contribution in [0.25, 0.3) is 16.9 Å². The van der Waals surface area contributed by atoms with Crippen molar-refractivity contribution in [1.29, 1.82) is 0 Å². The van der Waals surface area contributed by atoms with Gasteiger partial charge in [0.05, 0.1) is 0 Å². The van der Waals surface area contributed by atoms with Gasteiger partial charge in [-0.15, -0.1) is 0 Å². The molecule has 0 aliphatic heterocycles. The molecule has 0 aromatic heterocycles.